The van der Waals surface area contributed by atoms with Gasteiger partial charge in [0, 0.05) is 18.7 Å². The maximum Gasteiger partial charge on any atom is 0.328 e. The monoisotopic (exact) mass is 219 g/mol. The molecule has 1 heterocycles. The van der Waals surface area contributed by atoms with Crippen LogP contribution < -0.4 is 16.0 Å². The van der Waals surface area contributed by atoms with Crippen LogP contribution in [0.25, 0.3) is 0 Å². The van der Waals surface area contributed by atoms with Crippen molar-refractivity contribution in [2.24, 2.45) is 0 Å². The fourth-order valence-electron chi connectivity index (χ4n) is 1.71. The molecule has 1 fully saturated rings. The van der Waals surface area contributed by atoms with Crippen LogP contribution >= 0.6 is 0 Å². The van der Waals surface area contributed by atoms with Crippen molar-refractivity contribution in [3.8, 4) is 0 Å². The minimum absolute atomic E-state index is 0.197. The van der Waals surface area contributed by atoms with Crippen molar-refractivity contribution in [2.75, 3.05) is 17.2 Å². The van der Waals surface area contributed by atoms with Crippen molar-refractivity contribution in [1.29, 1.82) is 0 Å². The second kappa shape index (κ2) is 3.84. The van der Waals surface area contributed by atoms with Gasteiger partial charge in [-0.25, -0.2) is 9.69 Å². The van der Waals surface area contributed by atoms with Crippen LogP contribution in [0.2, 0.25) is 0 Å². The van der Waals surface area contributed by atoms with Gasteiger partial charge in [0.25, 0.3) is 0 Å². The zero-order valence-electron chi connectivity index (χ0n) is 8.99. The molecule has 3 N–H and O–H groups in total. The van der Waals surface area contributed by atoms with Gasteiger partial charge in [0.15, 0.2) is 0 Å². The van der Waals surface area contributed by atoms with Crippen LogP contribution in [0.5, 0.6) is 0 Å². The molecule has 5 nitrogen and oxygen atoms in total. The third kappa shape index (κ3) is 1.60. The molecule has 5 heteroatoms. The summed E-state index contributed by atoms with van der Waals surface area (Å²) in [6, 6.07) is 4.80. The second-order valence-corrected chi connectivity index (χ2v) is 3.70. The van der Waals surface area contributed by atoms with E-state index < -0.39 is 0 Å². The number of hydrogen-bond donors (Lipinski definition) is 2. The first kappa shape index (κ1) is 10.5. The van der Waals surface area contributed by atoms with Gasteiger partial charge in [-0.2, -0.15) is 0 Å². The largest absolute Gasteiger partial charge is 0.398 e. The Hall–Kier alpha value is -2.04. The second-order valence-electron chi connectivity index (χ2n) is 3.70. The lowest BCUT2D eigenvalue weighted by Gasteiger charge is -2.27. The molecule has 0 bridgehead atoms. The minimum Gasteiger partial charge on any atom is -0.398 e. The van der Waals surface area contributed by atoms with E-state index in [2.05, 4.69) is 5.32 Å². The molecule has 0 aromatic heterocycles. The number of nitrogens with two attached hydrogens (primary N) is 1. The lowest BCUT2D eigenvalue weighted by molar-refractivity contribution is -0.118. The van der Waals surface area contributed by atoms with Crippen LogP contribution in [0.3, 0.4) is 0 Å². The number of carbonyl (C=O) groups excluding carboxylic acids is 2. The summed E-state index contributed by atoms with van der Waals surface area (Å²) in [7, 11) is 0. The van der Waals surface area contributed by atoms with Gasteiger partial charge in [-0.3, -0.25) is 4.79 Å². The number of nitrogens with one attached hydrogen (secondary N) is 1. The third-order valence-corrected chi connectivity index (χ3v) is 2.66. The van der Waals surface area contributed by atoms with E-state index in [0.717, 1.165) is 10.5 Å². The molecule has 2 rings (SSSR count). The molecule has 0 unspecified atom stereocenters. The summed E-state index contributed by atoms with van der Waals surface area (Å²) >= 11 is 0. The van der Waals surface area contributed by atoms with Crippen molar-refractivity contribution in [3.05, 3.63) is 23.8 Å². The molecule has 1 saturated heterocycles. The SMILES string of the molecule is Cc1c(N)cccc1N1C(=O)CCNC1=O. The normalized spacial score (nSPS) is 16.2. The van der Waals surface area contributed by atoms with E-state index in [1.807, 2.05) is 0 Å². The van der Waals surface area contributed by atoms with E-state index in [-0.39, 0.29) is 11.9 Å². The summed E-state index contributed by atoms with van der Waals surface area (Å²) in [4.78, 5) is 24.5. The number of amides is 3. The van der Waals surface area contributed by atoms with Crippen molar-refractivity contribution < 1.29 is 9.59 Å². The third-order valence-electron chi connectivity index (χ3n) is 2.66. The lowest BCUT2D eigenvalue weighted by Crippen LogP contribution is -2.50. The quantitative estimate of drug-likeness (QED) is 0.692. The predicted octanol–water partition coefficient (Wildman–Crippen LogP) is 1.02. The summed E-state index contributed by atoms with van der Waals surface area (Å²) in [5.41, 5.74) is 7.62. The topological polar surface area (TPSA) is 75.4 Å². The predicted molar refractivity (Wildman–Crippen MR) is 61.1 cm³/mol. The summed E-state index contributed by atoms with van der Waals surface area (Å²) in [5.74, 6) is -0.197. The first-order chi connectivity index (χ1) is 7.61. The summed E-state index contributed by atoms with van der Waals surface area (Å²) in [6.07, 6.45) is 0.319. The number of urea groups is 1. The molecule has 1 aliphatic rings. The Bertz CT molecular complexity index is 441. The average molecular weight is 219 g/mol. The van der Waals surface area contributed by atoms with E-state index in [9.17, 15) is 9.59 Å². The van der Waals surface area contributed by atoms with Gasteiger partial charge in [0.2, 0.25) is 5.91 Å². The average Bonchev–Trinajstić information content (AvgIpc) is 2.24. The van der Waals surface area contributed by atoms with Crippen LogP contribution in [-0.2, 0) is 4.79 Å². The van der Waals surface area contributed by atoms with Crippen molar-refractivity contribution in [2.45, 2.75) is 13.3 Å². The van der Waals surface area contributed by atoms with Crippen LogP contribution in [0, 0.1) is 6.92 Å². The van der Waals surface area contributed by atoms with Gasteiger partial charge in [0.1, 0.15) is 0 Å². The highest BCUT2D eigenvalue weighted by Crippen LogP contribution is 2.26. The zero-order valence-corrected chi connectivity index (χ0v) is 8.99. The Morgan fingerprint density at radius 1 is 1.38 bits per heavy atom. The standard InChI is InChI=1S/C11H13N3O2/c1-7-8(12)3-2-4-9(7)14-10(15)5-6-13-11(14)16/h2-4H,5-6,12H2,1H3,(H,13,16). The maximum absolute atomic E-state index is 11.7. The van der Waals surface area contributed by atoms with Crippen molar-refractivity contribution in [3.63, 3.8) is 0 Å². The first-order valence-corrected chi connectivity index (χ1v) is 5.07. The minimum atomic E-state index is -0.384. The Morgan fingerprint density at radius 2 is 2.12 bits per heavy atom. The molecule has 0 spiro atoms. The number of hydrogen-bond acceptors (Lipinski definition) is 3. The molecular weight excluding hydrogens is 206 g/mol. The van der Waals surface area contributed by atoms with Gasteiger partial charge >= 0.3 is 6.03 Å². The van der Waals surface area contributed by atoms with E-state index in [4.69, 9.17) is 5.73 Å². The van der Waals surface area contributed by atoms with E-state index in [0.29, 0.717) is 24.3 Å². The molecular formula is C11H13N3O2. The van der Waals surface area contributed by atoms with Gasteiger partial charge in [0.05, 0.1) is 5.69 Å². The molecule has 3 amide bonds. The van der Waals surface area contributed by atoms with E-state index >= 15 is 0 Å². The Morgan fingerprint density at radius 3 is 2.81 bits per heavy atom. The number of imide groups is 1. The fourth-order valence-corrected chi connectivity index (χ4v) is 1.71. The number of benzene rings is 1. The fraction of sp³-hybridized carbons (Fsp3) is 0.273. The number of rotatable bonds is 1. The van der Waals surface area contributed by atoms with Crippen molar-refractivity contribution in [1.82, 2.24) is 5.32 Å². The molecule has 16 heavy (non-hydrogen) atoms. The first-order valence-electron chi connectivity index (χ1n) is 5.07. The van der Waals surface area contributed by atoms with Gasteiger partial charge in [-0.1, -0.05) is 6.07 Å². The summed E-state index contributed by atoms with van der Waals surface area (Å²) in [6.45, 7) is 2.19. The highest BCUT2D eigenvalue weighted by molar-refractivity contribution is 6.16. The summed E-state index contributed by atoms with van der Waals surface area (Å²) in [5, 5.41) is 2.63. The maximum atomic E-state index is 11.7. The van der Waals surface area contributed by atoms with E-state index in [1.54, 1.807) is 25.1 Å². The molecule has 0 radical (unpaired) electrons. The Balaban J connectivity index is 2.46. The van der Waals surface area contributed by atoms with Crippen LogP contribution in [0.1, 0.15) is 12.0 Å². The molecule has 1 aromatic carbocycles. The molecule has 0 aliphatic carbocycles. The molecule has 0 atom stereocenters. The van der Waals surface area contributed by atoms with Gasteiger partial charge in [-0.15, -0.1) is 0 Å². The van der Waals surface area contributed by atoms with Gasteiger partial charge < -0.3 is 11.1 Å². The number of nitrogens with zero attached hydrogens (tertiary/aromatic N) is 1. The van der Waals surface area contributed by atoms with Crippen LogP contribution in [0.15, 0.2) is 18.2 Å². The molecule has 0 saturated carbocycles. The number of anilines is 2. The number of nitrogen functional groups attached to an aromatic ring is 1. The summed E-state index contributed by atoms with van der Waals surface area (Å²) < 4.78 is 0. The highest BCUT2D eigenvalue weighted by atomic mass is 16.2. The lowest BCUT2D eigenvalue weighted by atomic mass is 10.1. The van der Waals surface area contributed by atoms with Crippen LogP contribution in [-0.4, -0.2) is 18.5 Å². The molecule has 84 valence electrons. The van der Waals surface area contributed by atoms with Crippen molar-refractivity contribution >= 4 is 23.3 Å². The molecule has 1 aliphatic heterocycles. The smallest absolute Gasteiger partial charge is 0.328 e. The van der Waals surface area contributed by atoms with Gasteiger partial charge in [-0.05, 0) is 24.6 Å². The van der Waals surface area contributed by atoms with E-state index in [1.165, 1.54) is 0 Å². The molecule has 1 aromatic rings. The highest BCUT2D eigenvalue weighted by Gasteiger charge is 2.28. The van der Waals surface area contributed by atoms with Crippen LogP contribution in [0.4, 0.5) is 16.2 Å². The Kier molecular flexibility index (Phi) is 2.52. The Labute approximate surface area is 93.2 Å². The number of carbonyl (C=O) groups is 2. The zero-order chi connectivity index (χ0) is 11.7.